The van der Waals surface area contributed by atoms with Crippen LogP contribution in [0.4, 0.5) is 0 Å². The molecule has 148 valence electrons. The summed E-state index contributed by atoms with van der Waals surface area (Å²) in [6.07, 6.45) is 3.97. The first-order valence-corrected chi connectivity index (χ1v) is 9.78. The van der Waals surface area contributed by atoms with Crippen molar-refractivity contribution in [3.05, 3.63) is 66.0 Å². The molecule has 1 fully saturated rings. The fraction of sp³-hybridized carbons (Fsp3) is 0.409. The number of likely N-dealkylation sites (tertiary alicyclic amines) is 1. The second-order valence-corrected chi connectivity index (χ2v) is 7.36. The smallest absolute Gasteiger partial charge is 0.307 e. The minimum Gasteiger partial charge on any atom is -0.481 e. The molecule has 0 unspecified atom stereocenters. The summed E-state index contributed by atoms with van der Waals surface area (Å²) in [5.74, 6) is -1.73. The third kappa shape index (κ3) is 5.89. The minimum atomic E-state index is -0.824. The number of nitrogens with zero attached hydrogens (tertiary/aromatic N) is 2. The summed E-state index contributed by atoms with van der Waals surface area (Å²) in [5.41, 5.74) is 2.07. The number of carbonyl (C=O) groups is 2. The summed E-state index contributed by atoms with van der Waals surface area (Å²) < 4.78 is 0. The number of carboxylic acid groups (broad SMARTS) is 1. The minimum absolute atomic E-state index is 0.0929. The number of nitrogens with one attached hydrogen (secondary N) is 1. The van der Waals surface area contributed by atoms with Gasteiger partial charge in [0.25, 0.3) is 0 Å². The number of piperidine rings is 1. The first kappa shape index (κ1) is 20.0. The monoisotopic (exact) mass is 381 g/mol. The first-order valence-electron chi connectivity index (χ1n) is 9.78. The maximum Gasteiger partial charge on any atom is 0.307 e. The van der Waals surface area contributed by atoms with E-state index in [1.807, 2.05) is 36.4 Å². The summed E-state index contributed by atoms with van der Waals surface area (Å²) in [6, 6.07) is 15.8. The quantitative estimate of drug-likeness (QED) is 0.733. The van der Waals surface area contributed by atoms with E-state index < -0.39 is 11.9 Å². The third-order valence-corrected chi connectivity index (χ3v) is 5.20. The van der Waals surface area contributed by atoms with E-state index >= 15 is 0 Å². The molecule has 2 heterocycles. The van der Waals surface area contributed by atoms with Crippen LogP contribution in [0.3, 0.4) is 0 Å². The zero-order chi connectivity index (χ0) is 19.8. The van der Waals surface area contributed by atoms with Crippen molar-refractivity contribution in [3.8, 4) is 0 Å². The second kappa shape index (κ2) is 9.99. The van der Waals surface area contributed by atoms with Gasteiger partial charge in [-0.2, -0.15) is 0 Å². The number of aromatic nitrogens is 1. The van der Waals surface area contributed by atoms with Gasteiger partial charge < -0.3 is 15.3 Å². The molecule has 6 heteroatoms. The van der Waals surface area contributed by atoms with Gasteiger partial charge in [-0.3, -0.25) is 14.6 Å². The summed E-state index contributed by atoms with van der Waals surface area (Å²) >= 11 is 0. The Morgan fingerprint density at radius 3 is 2.54 bits per heavy atom. The maximum atomic E-state index is 12.6. The van der Waals surface area contributed by atoms with E-state index in [9.17, 15) is 14.7 Å². The summed E-state index contributed by atoms with van der Waals surface area (Å²) in [5, 5.41) is 12.4. The van der Waals surface area contributed by atoms with E-state index in [4.69, 9.17) is 0 Å². The van der Waals surface area contributed by atoms with Crippen LogP contribution < -0.4 is 5.32 Å². The number of rotatable bonds is 8. The van der Waals surface area contributed by atoms with E-state index in [2.05, 4.69) is 27.3 Å². The number of pyridine rings is 1. The van der Waals surface area contributed by atoms with Gasteiger partial charge in [-0.05, 0) is 43.5 Å². The lowest BCUT2D eigenvalue weighted by atomic mass is 9.88. The molecule has 3 rings (SSSR count). The fourth-order valence-corrected chi connectivity index (χ4v) is 3.72. The Kier molecular flexibility index (Phi) is 7.14. The predicted molar refractivity (Wildman–Crippen MR) is 107 cm³/mol. The Morgan fingerprint density at radius 1 is 1.07 bits per heavy atom. The van der Waals surface area contributed by atoms with Crippen molar-refractivity contribution in [1.82, 2.24) is 15.2 Å². The van der Waals surface area contributed by atoms with Crippen LogP contribution in [-0.2, 0) is 22.6 Å². The van der Waals surface area contributed by atoms with Crippen LogP contribution in [0, 0.1) is 11.8 Å². The molecule has 0 bridgehead atoms. The van der Waals surface area contributed by atoms with Crippen molar-refractivity contribution in [2.75, 3.05) is 19.6 Å². The number of carbonyl (C=O) groups excluding carboxylic acids is 1. The molecule has 1 saturated heterocycles. The van der Waals surface area contributed by atoms with E-state index in [-0.39, 0.29) is 11.8 Å². The molecule has 0 saturated carbocycles. The number of aliphatic carboxylic acids is 1. The molecule has 1 aromatic heterocycles. The van der Waals surface area contributed by atoms with Gasteiger partial charge in [0.05, 0.1) is 24.1 Å². The van der Waals surface area contributed by atoms with E-state index in [0.717, 1.165) is 25.1 Å². The number of benzene rings is 1. The Morgan fingerprint density at radius 2 is 1.82 bits per heavy atom. The van der Waals surface area contributed by atoms with Crippen LogP contribution in [0.15, 0.2) is 54.7 Å². The van der Waals surface area contributed by atoms with Crippen LogP contribution in [0.5, 0.6) is 0 Å². The summed E-state index contributed by atoms with van der Waals surface area (Å²) in [6.45, 7) is 2.27. The second-order valence-electron chi connectivity index (χ2n) is 7.36. The number of hydrogen-bond donors (Lipinski definition) is 2. The van der Waals surface area contributed by atoms with Crippen molar-refractivity contribution in [1.29, 1.82) is 0 Å². The van der Waals surface area contributed by atoms with Crippen LogP contribution in [-0.4, -0.2) is 46.5 Å². The molecule has 2 aromatic rings. The van der Waals surface area contributed by atoms with Gasteiger partial charge in [-0.25, -0.2) is 0 Å². The van der Waals surface area contributed by atoms with Gasteiger partial charge in [0, 0.05) is 19.3 Å². The van der Waals surface area contributed by atoms with Crippen LogP contribution in [0.2, 0.25) is 0 Å². The van der Waals surface area contributed by atoms with Gasteiger partial charge in [0.1, 0.15) is 0 Å². The van der Waals surface area contributed by atoms with Crippen molar-refractivity contribution in [2.45, 2.75) is 25.8 Å². The molecule has 2 atom stereocenters. The van der Waals surface area contributed by atoms with Gasteiger partial charge in [-0.1, -0.05) is 36.4 Å². The van der Waals surface area contributed by atoms with Gasteiger partial charge in [-0.15, -0.1) is 0 Å². The van der Waals surface area contributed by atoms with Gasteiger partial charge >= 0.3 is 5.97 Å². The topological polar surface area (TPSA) is 82.5 Å². The maximum absolute atomic E-state index is 12.6. The van der Waals surface area contributed by atoms with Crippen molar-refractivity contribution >= 4 is 11.9 Å². The first-order chi connectivity index (χ1) is 13.6. The largest absolute Gasteiger partial charge is 0.481 e. The SMILES string of the molecule is O=C(O)[C@H]1C[C@H](C(=O)NCc2ccccn2)CN(CCCc2ccccc2)C1. The van der Waals surface area contributed by atoms with Crippen LogP contribution >= 0.6 is 0 Å². The average molecular weight is 381 g/mol. The Labute approximate surface area is 165 Å². The van der Waals surface area contributed by atoms with Crippen LogP contribution in [0.25, 0.3) is 0 Å². The fourth-order valence-electron chi connectivity index (χ4n) is 3.72. The highest BCUT2D eigenvalue weighted by Crippen LogP contribution is 2.23. The number of carboxylic acids is 1. The zero-order valence-electron chi connectivity index (χ0n) is 16.0. The van der Waals surface area contributed by atoms with Crippen molar-refractivity contribution in [3.63, 3.8) is 0 Å². The Balaban J connectivity index is 1.53. The standard InChI is InChI=1S/C22H27N3O3/c26-21(24-14-20-10-4-5-11-23-20)18-13-19(22(27)28)16-25(15-18)12-6-9-17-7-2-1-3-8-17/h1-5,7-8,10-11,18-19H,6,9,12-16H2,(H,24,26)(H,27,28)/t18-,19-/m0/s1. The van der Waals surface area contributed by atoms with E-state index in [0.29, 0.717) is 26.1 Å². The van der Waals surface area contributed by atoms with Crippen molar-refractivity contribution < 1.29 is 14.7 Å². The van der Waals surface area contributed by atoms with Gasteiger partial charge in [0.15, 0.2) is 0 Å². The average Bonchev–Trinajstić information content (AvgIpc) is 2.73. The molecule has 0 radical (unpaired) electrons. The van der Waals surface area contributed by atoms with Crippen molar-refractivity contribution in [2.24, 2.45) is 11.8 Å². The molecule has 1 aliphatic heterocycles. The van der Waals surface area contributed by atoms with E-state index in [1.54, 1.807) is 6.20 Å². The predicted octanol–water partition coefficient (Wildman–Crippen LogP) is 2.35. The number of amides is 1. The molecule has 0 spiro atoms. The third-order valence-electron chi connectivity index (χ3n) is 5.20. The lowest BCUT2D eigenvalue weighted by Gasteiger charge is -2.35. The molecule has 1 amide bonds. The highest BCUT2D eigenvalue weighted by atomic mass is 16.4. The Hall–Kier alpha value is -2.73. The van der Waals surface area contributed by atoms with Gasteiger partial charge in [0.2, 0.25) is 5.91 Å². The lowest BCUT2D eigenvalue weighted by molar-refractivity contribution is -0.145. The molecular weight excluding hydrogens is 354 g/mol. The molecule has 0 aliphatic carbocycles. The zero-order valence-corrected chi connectivity index (χ0v) is 16.0. The molecule has 28 heavy (non-hydrogen) atoms. The summed E-state index contributed by atoms with van der Waals surface area (Å²) in [7, 11) is 0. The number of hydrogen-bond acceptors (Lipinski definition) is 4. The lowest BCUT2D eigenvalue weighted by Crippen LogP contribution is -2.48. The highest BCUT2D eigenvalue weighted by molar-refractivity contribution is 5.80. The molecule has 1 aliphatic rings. The molecule has 6 nitrogen and oxygen atoms in total. The molecule has 1 aromatic carbocycles. The molecule has 2 N–H and O–H groups in total. The normalized spacial score (nSPS) is 19.9. The van der Waals surface area contributed by atoms with E-state index in [1.165, 1.54) is 5.56 Å². The molecular formula is C22H27N3O3. The van der Waals surface area contributed by atoms with Crippen LogP contribution in [0.1, 0.15) is 24.1 Å². The number of aryl methyl sites for hydroxylation is 1. The summed E-state index contributed by atoms with van der Waals surface area (Å²) in [4.78, 5) is 30.5. The Bertz CT molecular complexity index is 767. The highest BCUT2D eigenvalue weighted by Gasteiger charge is 2.34.